The van der Waals surface area contributed by atoms with Gasteiger partial charge in [-0.15, -0.1) is 0 Å². The van der Waals surface area contributed by atoms with Crippen LogP contribution in [0.3, 0.4) is 0 Å². The van der Waals surface area contributed by atoms with Crippen LogP contribution in [0.4, 0.5) is 0 Å². The van der Waals surface area contributed by atoms with Gasteiger partial charge in [0.05, 0.1) is 0 Å². The van der Waals surface area contributed by atoms with Crippen LogP contribution in [-0.2, 0) is 22.0 Å². The van der Waals surface area contributed by atoms with Crippen molar-refractivity contribution < 1.29 is 9.90 Å². The van der Waals surface area contributed by atoms with E-state index in [0.717, 1.165) is 34.3 Å². The van der Waals surface area contributed by atoms with Gasteiger partial charge in [0.25, 0.3) is 0 Å². The largest absolute Gasteiger partial charge is 0.507 e. The van der Waals surface area contributed by atoms with Gasteiger partial charge in [-0.1, -0.05) is 59.2 Å². The number of phenolic OH excluding ortho intramolecular Hbond substituents is 1. The Kier molecular flexibility index (Phi) is 5.80. The number of rotatable bonds is 4. The number of hydrogen-bond acceptors (Lipinski definition) is 2. The first-order valence-corrected chi connectivity index (χ1v) is 10.00. The molecule has 0 aliphatic heterocycles. The van der Waals surface area contributed by atoms with E-state index in [9.17, 15) is 9.90 Å². The predicted octanol–water partition coefficient (Wildman–Crippen LogP) is 6.55. The molecule has 0 fully saturated rings. The molecule has 0 heterocycles. The van der Waals surface area contributed by atoms with Gasteiger partial charge in [-0.3, -0.25) is 4.79 Å². The van der Waals surface area contributed by atoms with Crippen molar-refractivity contribution in [3.05, 3.63) is 51.1 Å². The lowest BCUT2D eigenvalue weighted by Crippen LogP contribution is -2.18. The lowest BCUT2D eigenvalue weighted by molar-refractivity contribution is -0.115. The molecule has 0 aromatic heterocycles. The Morgan fingerprint density at radius 2 is 1.41 bits per heavy atom. The molecule has 0 unspecified atom stereocenters. The van der Waals surface area contributed by atoms with E-state index >= 15 is 0 Å². The minimum absolute atomic E-state index is 0.146. The Morgan fingerprint density at radius 1 is 0.926 bits per heavy atom. The van der Waals surface area contributed by atoms with Crippen molar-refractivity contribution in [2.45, 2.75) is 92.4 Å². The van der Waals surface area contributed by atoms with Gasteiger partial charge in [-0.25, -0.2) is 0 Å². The van der Waals surface area contributed by atoms with Crippen molar-refractivity contribution in [2.24, 2.45) is 0 Å². The summed E-state index contributed by atoms with van der Waals surface area (Å²) in [7, 11) is 0. The van der Waals surface area contributed by atoms with Crippen LogP contribution in [0.25, 0.3) is 0 Å². The first-order chi connectivity index (χ1) is 12.2. The first-order valence-electron chi connectivity index (χ1n) is 10.00. The summed E-state index contributed by atoms with van der Waals surface area (Å²) >= 11 is 0. The van der Waals surface area contributed by atoms with E-state index in [1.807, 2.05) is 0 Å². The van der Waals surface area contributed by atoms with E-state index in [0.29, 0.717) is 18.6 Å². The second-order valence-corrected chi connectivity index (χ2v) is 10.1. The molecule has 0 radical (unpaired) electrons. The number of hydrogen-bond donors (Lipinski definition) is 1. The molecule has 0 spiro atoms. The van der Waals surface area contributed by atoms with Gasteiger partial charge in [-0.05, 0) is 72.3 Å². The van der Waals surface area contributed by atoms with Gasteiger partial charge in [0.15, 0.2) is 5.78 Å². The molecule has 0 amide bonds. The third kappa shape index (κ3) is 4.54. The fourth-order valence-corrected chi connectivity index (χ4v) is 3.78. The summed E-state index contributed by atoms with van der Waals surface area (Å²) in [6.07, 6.45) is 2.03. The van der Waals surface area contributed by atoms with Crippen molar-refractivity contribution in [1.29, 1.82) is 0 Å². The predicted molar refractivity (Wildman–Crippen MR) is 115 cm³/mol. The number of aryl methyl sites for hydroxylation is 1. The number of carbonyl (C=O) groups excluding carboxylic acids is 1. The Labute approximate surface area is 165 Å². The normalized spacial score (nSPS) is 15.7. The maximum absolute atomic E-state index is 12.8. The third-order valence-corrected chi connectivity index (χ3v) is 5.86. The topological polar surface area (TPSA) is 37.3 Å². The summed E-state index contributed by atoms with van der Waals surface area (Å²) in [6.45, 7) is 19.0. The quantitative estimate of drug-likeness (QED) is 0.654. The third-order valence-electron chi connectivity index (χ3n) is 5.86. The number of phenols is 1. The molecule has 1 aromatic rings. The lowest BCUT2D eigenvalue weighted by Gasteiger charge is -2.28. The highest BCUT2D eigenvalue weighted by Gasteiger charge is 2.27. The Hall–Kier alpha value is -1.83. The van der Waals surface area contributed by atoms with Crippen LogP contribution in [-0.4, -0.2) is 10.9 Å². The summed E-state index contributed by atoms with van der Waals surface area (Å²) in [5.74, 6) is 0.654. The molecule has 0 atom stereocenters. The minimum atomic E-state index is -0.146. The zero-order chi connectivity index (χ0) is 20.7. The van der Waals surface area contributed by atoms with Crippen molar-refractivity contribution in [1.82, 2.24) is 0 Å². The molecule has 148 valence electrons. The summed E-state index contributed by atoms with van der Waals surface area (Å²) in [6, 6.07) is 4.17. The highest BCUT2D eigenvalue weighted by Crippen LogP contribution is 2.40. The average molecular weight is 369 g/mol. The molecule has 1 N–H and O–H groups in total. The van der Waals surface area contributed by atoms with Gasteiger partial charge in [0.2, 0.25) is 0 Å². The number of allylic oxidation sites excluding steroid dienone is 4. The lowest BCUT2D eigenvalue weighted by atomic mass is 9.78. The molecular formula is C25H36O2. The SMILES string of the molecule is CC1=C(C)C(C)=C(C(=O)CCc2cc(C(C)(C)C)c(O)c(C(C)(C)C)c2)C1. The number of carbonyl (C=O) groups is 1. The van der Waals surface area contributed by atoms with Gasteiger partial charge in [-0.2, -0.15) is 0 Å². The van der Waals surface area contributed by atoms with E-state index in [2.05, 4.69) is 74.4 Å². The summed E-state index contributed by atoms with van der Waals surface area (Å²) in [5, 5.41) is 10.8. The first kappa shape index (κ1) is 21.5. The number of Topliss-reactive ketones (excluding diaryl/α,β-unsaturated/α-hetero) is 1. The molecule has 2 rings (SSSR count). The van der Waals surface area contributed by atoms with E-state index in [-0.39, 0.29) is 16.6 Å². The smallest absolute Gasteiger partial charge is 0.159 e. The van der Waals surface area contributed by atoms with Crippen molar-refractivity contribution >= 4 is 5.78 Å². The van der Waals surface area contributed by atoms with Gasteiger partial charge >= 0.3 is 0 Å². The van der Waals surface area contributed by atoms with Crippen LogP contribution in [0.15, 0.2) is 34.4 Å². The zero-order valence-electron chi connectivity index (χ0n) is 18.6. The molecule has 0 saturated heterocycles. The van der Waals surface area contributed by atoms with Crippen molar-refractivity contribution in [2.75, 3.05) is 0 Å². The number of ketones is 1. The summed E-state index contributed by atoms with van der Waals surface area (Å²) in [5.41, 5.74) is 7.49. The average Bonchev–Trinajstić information content (AvgIpc) is 2.79. The molecule has 1 aliphatic rings. The van der Waals surface area contributed by atoms with E-state index in [4.69, 9.17) is 0 Å². The Morgan fingerprint density at radius 3 is 1.78 bits per heavy atom. The van der Waals surface area contributed by atoms with Gasteiger partial charge in [0.1, 0.15) is 5.75 Å². The van der Waals surface area contributed by atoms with Crippen LogP contribution in [0.2, 0.25) is 0 Å². The van der Waals surface area contributed by atoms with Crippen LogP contribution >= 0.6 is 0 Å². The Balaban J connectivity index is 2.31. The highest BCUT2D eigenvalue weighted by molar-refractivity contribution is 5.98. The molecule has 2 heteroatoms. The molecule has 27 heavy (non-hydrogen) atoms. The summed E-state index contributed by atoms with van der Waals surface area (Å²) in [4.78, 5) is 12.8. The molecule has 1 aliphatic carbocycles. The second-order valence-electron chi connectivity index (χ2n) is 10.1. The van der Waals surface area contributed by atoms with Crippen LogP contribution in [0.5, 0.6) is 5.75 Å². The number of aromatic hydroxyl groups is 1. The fraction of sp³-hybridized carbons (Fsp3) is 0.560. The monoisotopic (exact) mass is 368 g/mol. The maximum Gasteiger partial charge on any atom is 0.159 e. The highest BCUT2D eigenvalue weighted by atomic mass is 16.3. The molecule has 1 aromatic carbocycles. The molecule has 0 bridgehead atoms. The van der Waals surface area contributed by atoms with E-state index in [1.54, 1.807) is 0 Å². The van der Waals surface area contributed by atoms with Crippen molar-refractivity contribution in [3.8, 4) is 5.75 Å². The summed E-state index contributed by atoms with van der Waals surface area (Å²) < 4.78 is 0. The molecular weight excluding hydrogens is 332 g/mol. The van der Waals surface area contributed by atoms with E-state index < -0.39 is 0 Å². The second kappa shape index (κ2) is 7.30. The zero-order valence-corrected chi connectivity index (χ0v) is 18.6. The Bertz CT molecular complexity index is 786. The number of benzene rings is 1. The molecule has 0 saturated carbocycles. The standard InChI is InChI=1S/C25H36O2/c1-15-12-19(17(3)16(15)2)22(26)11-10-18-13-20(24(4,5)6)23(27)21(14-18)25(7,8)9/h13-14,27H,10-12H2,1-9H3. The van der Waals surface area contributed by atoms with Crippen LogP contribution in [0, 0.1) is 0 Å². The molecule has 2 nitrogen and oxygen atoms in total. The van der Waals surface area contributed by atoms with Gasteiger partial charge < -0.3 is 5.11 Å². The maximum atomic E-state index is 12.8. The van der Waals surface area contributed by atoms with E-state index in [1.165, 1.54) is 11.1 Å². The minimum Gasteiger partial charge on any atom is -0.507 e. The van der Waals surface area contributed by atoms with Crippen molar-refractivity contribution in [3.63, 3.8) is 0 Å². The van der Waals surface area contributed by atoms with Gasteiger partial charge in [0, 0.05) is 12.0 Å². The fourth-order valence-electron chi connectivity index (χ4n) is 3.78. The van der Waals surface area contributed by atoms with Crippen LogP contribution < -0.4 is 0 Å². The van der Waals surface area contributed by atoms with Crippen LogP contribution in [0.1, 0.15) is 91.8 Å².